The van der Waals surface area contributed by atoms with Gasteiger partial charge in [-0.2, -0.15) is 0 Å². The Labute approximate surface area is 534 Å². The first-order valence-corrected chi connectivity index (χ1v) is 32.7. The van der Waals surface area contributed by atoms with Gasteiger partial charge in [-0.25, -0.2) is 0 Å². The van der Waals surface area contributed by atoms with Crippen LogP contribution in [-0.2, 0) is 0 Å². The molecule has 15 aromatic carbocycles. The fourth-order valence-electron chi connectivity index (χ4n) is 13.7. The molecule has 0 fully saturated rings. The van der Waals surface area contributed by atoms with Gasteiger partial charge in [-0.1, -0.05) is 328 Å². The summed E-state index contributed by atoms with van der Waals surface area (Å²) in [5, 5.41) is 12.8. The molecule has 0 saturated heterocycles. The van der Waals surface area contributed by atoms with Gasteiger partial charge in [-0.05, 0) is 137 Å². The minimum atomic E-state index is 1.17. The number of hydrogen-bond acceptors (Lipinski definition) is 2. The summed E-state index contributed by atoms with van der Waals surface area (Å²) in [7, 11) is 0. The van der Waals surface area contributed by atoms with Crippen molar-refractivity contribution in [3.8, 4) is 99.5 Å². The van der Waals surface area contributed by atoms with Crippen LogP contribution < -0.4 is 0 Å². The smallest absolute Gasteiger partial charge is 0.0789 e. The molecule has 0 aliphatic rings. The molecule has 0 aliphatic carbocycles. The van der Waals surface area contributed by atoms with Gasteiger partial charge in [0.25, 0.3) is 0 Å². The molecule has 2 heterocycles. The predicted molar refractivity (Wildman–Crippen MR) is 390 cm³/mol. The van der Waals surface area contributed by atoms with Crippen LogP contribution in [0, 0.1) is 0 Å². The molecule has 0 N–H and O–H groups in total. The molecule has 2 aromatic heterocycles. The molecule has 0 aliphatic heterocycles. The van der Waals surface area contributed by atoms with E-state index in [-0.39, 0.29) is 0 Å². The molecule has 89 heavy (non-hydrogen) atoms. The minimum absolute atomic E-state index is 1.17. The summed E-state index contributed by atoms with van der Waals surface area (Å²) in [4.78, 5) is 1.28. The van der Waals surface area contributed by atoms with Crippen LogP contribution in [0.25, 0.3) is 163 Å². The molecule has 0 atom stereocenters. The molecule has 3 heteroatoms. The Morgan fingerprint density at radius 2 is 0.438 bits per heavy atom. The lowest BCUT2D eigenvalue weighted by molar-refractivity contribution is 1.64. The van der Waals surface area contributed by atoms with Crippen LogP contribution in [0.2, 0.25) is 0 Å². The average Bonchev–Trinajstić information content (AvgIpc) is 1.72. The molecule has 0 nitrogen and oxygen atoms in total. The molecular formula is C86H55BrS2. The summed E-state index contributed by atoms with van der Waals surface area (Å²) in [6.07, 6.45) is 0. The van der Waals surface area contributed by atoms with Gasteiger partial charge >= 0.3 is 0 Å². The second-order valence-electron chi connectivity index (χ2n) is 22.5. The number of halogens is 1. The van der Waals surface area contributed by atoms with Gasteiger partial charge < -0.3 is 0 Å². The number of benzene rings is 15. The van der Waals surface area contributed by atoms with Crippen molar-refractivity contribution in [3.05, 3.63) is 337 Å². The first-order valence-electron chi connectivity index (χ1n) is 30.3. The van der Waals surface area contributed by atoms with E-state index in [9.17, 15) is 0 Å². The van der Waals surface area contributed by atoms with Crippen molar-refractivity contribution >= 4 is 102 Å². The molecular weight excluding hydrogens is 1180 g/mol. The molecule has 17 aromatic rings. The van der Waals surface area contributed by atoms with Crippen molar-refractivity contribution in [2.24, 2.45) is 0 Å². The molecule has 0 radical (unpaired) electrons. The SMILES string of the molecule is Brc1sc2c(-c3ccccc3)c(-c3ccccc3)c3ccccc3c2c1-c1ccccc1.c1ccc(-c2c3ccccc3c(-c3ccccc3)c3cc(-c4sc5c(-c6ccccc6)c(-c6ccccc6)c6ccccc6c5c4-c4ccccc4)ccc23)cc1. The zero-order valence-electron chi connectivity index (χ0n) is 48.4. The van der Waals surface area contributed by atoms with Crippen LogP contribution in [0.4, 0.5) is 0 Å². The summed E-state index contributed by atoms with van der Waals surface area (Å²) < 4.78 is 3.80. The van der Waals surface area contributed by atoms with E-state index in [2.05, 4.69) is 350 Å². The van der Waals surface area contributed by atoms with E-state index in [0.29, 0.717) is 0 Å². The monoisotopic (exact) mass is 1230 g/mol. The molecule has 0 saturated carbocycles. The molecule has 0 unspecified atom stereocenters. The molecule has 0 bridgehead atoms. The molecule has 418 valence electrons. The zero-order chi connectivity index (χ0) is 59.2. The van der Waals surface area contributed by atoms with Crippen LogP contribution in [0.15, 0.2) is 337 Å². The third kappa shape index (κ3) is 9.58. The summed E-state index contributed by atoms with van der Waals surface area (Å²) in [5.41, 5.74) is 21.3. The predicted octanol–water partition coefficient (Wildman–Crippen LogP) is 26.2. The number of rotatable bonds is 9. The van der Waals surface area contributed by atoms with Crippen molar-refractivity contribution in [2.45, 2.75) is 0 Å². The second-order valence-corrected chi connectivity index (χ2v) is 25.9. The van der Waals surface area contributed by atoms with Crippen molar-refractivity contribution in [1.29, 1.82) is 0 Å². The maximum absolute atomic E-state index is 3.94. The third-order valence-electron chi connectivity index (χ3n) is 17.4. The number of fused-ring (bicyclic) bond motifs is 8. The van der Waals surface area contributed by atoms with Gasteiger partial charge in [0.05, 0.1) is 3.79 Å². The van der Waals surface area contributed by atoms with E-state index < -0.39 is 0 Å². The van der Waals surface area contributed by atoms with Crippen LogP contribution in [-0.4, -0.2) is 0 Å². The van der Waals surface area contributed by atoms with Crippen LogP contribution >= 0.6 is 38.6 Å². The van der Waals surface area contributed by atoms with E-state index in [1.54, 1.807) is 0 Å². The van der Waals surface area contributed by atoms with E-state index in [1.165, 1.54) is 167 Å². The minimum Gasteiger partial charge on any atom is -0.134 e. The Morgan fingerprint density at radius 1 is 0.180 bits per heavy atom. The highest BCUT2D eigenvalue weighted by atomic mass is 79.9. The highest BCUT2D eigenvalue weighted by Crippen LogP contribution is 2.56. The largest absolute Gasteiger partial charge is 0.134 e. The van der Waals surface area contributed by atoms with Gasteiger partial charge in [0, 0.05) is 47.3 Å². The van der Waals surface area contributed by atoms with Gasteiger partial charge in [0.2, 0.25) is 0 Å². The first-order chi connectivity index (χ1) is 44.2. The van der Waals surface area contributed by atoms with Crippen LogP contribution in [0.3, 0.4) is 0 Å². The highest BCUT2D eigenvalue weighted by Gasteiger charge is 2.27. The normalized spacial score (nSPS) is 11.4. The van der Waals surface area contributed by atoms with Gasteiger partial charge in [-0.15, -0.1) is 22.7 Å². The summed E-state index contributed by atoms with van der Waals surface area (Å²) in [6.45, 7) is 0. The van der Waals surface area contributed by atoms with E-state index in [4.69, 9.17) is 0 Å². The second kappa shape index (κ2) is 23.4. The first kappa shape index (κ1) is 54.2. The fourth-order valence-corrected chi connectivity index (χ4v) is 17.2. The Kier molecular flexibility index (Phi) is 14.3. The number of thiophene rings is 2. The highest BCUT2D eigenvalue weighted by molar-refractivity contribution is 9.11. The maximum atomic E-state index is 3.94. The van der Waals surface area contributed by atoms with Crippen molar-refractivity contribution < 1.29 is 0 Å². The lowest BCUT2D eigenvalue weighted by Crippen LogP contribution is -1.91. The Bertz CT molecular complexity index is 5430. The maximum Gasteiger partial charge on any atom is 0.0789 e. The quantitative estimate of drug-likeness (QED) is 0.126. The summed E-state index contributed by atoms with van der Waals surface area (Å²) in [5.74, 6) is 0. The third-order valence-corrected chi connectivity index (χ3v) is 20.6. The molecule has 0 amide bonds. The van der Waals surface area contributed by atoms with Crippen LogP contribution in [0.1, 0.15) is 0 Å². The van der Waals surface area contributed by atoms with Gasteiger partial charge in [0.1, 0.15) is 0 Å². The van der Waals surface area contributed by atoms with Crippen molar-refractivity contribution in [2.75, 3.05) is 0 Å². The Morgan fingerprint density at radius 3 is 0.820 bits per heavy atom. The topological polar surface area (TPSA) is 0 Å². The van der Waals surface area contributed by atoms with E-state index in [0.717, 1.165) is 0 Å². The molecule has 0 spiro atoms. The van der Waals surface area contributed by atoms with Gasteiger partial charge in [0.15, 0.2) is 0 Å². The average molecular weight is 1230 g/mol. The van der Waals surface area contributed by atoms with Crippen LogP contribution in [0.5, 0.6) is 0 Å². The van der Waals surface area contributed by atoms with E-state index >= 15 is 0 Å². The number of hydrogen-bond donors (Lipinski definition) is 0. The summed E-state index contributed by atoms with van der Waals surface area (Å²) in [6, 6.07) is 121. The Balaban J connectivity index is 0.000000168. The fraction of sp³-hybridized carbons (Fsp3) is 0. The lowest BCUT2D eigenvalue weighted by atomic mass is 9.84. The van der Waals surface area contributed by atoms with Crippen molar-refractivity contribution in [1.82, 2.24) is 0 Å². The summed E-state index contributed by atoms with van der Waals surface area (Å²) >= 11 is 7.70. The van der Waals surface area contributed by atoms with Gasteiger partial charge in [-0.3, -0.25) is 0 Å². The lowest BCUT2D eigenvalue weighted by Gasteiger charge is -2.19. The Hall–Kier alpha value is -10.3. The standard InChI is InChI=1S/C56H36S.C30H19BrS/c1-6-20-37(21-7-1)49-43-30-16-17-31-44(43)50(38-22-8-2-9-23-38)48-36-42(34-35-47(48)49)55-53(41-28-14-5-15-29-41)54-46-33-19-18-32-45(46)51(39-24-10-3-11-25-39)52(56(54)57-55)40-26-12-4-13-27-40;31-30-27(22-16-8-3-9-17-22)28-24-19-11-10-18-23(24)25(20-12-4-1-5-13-20)26(29(28)32-30)21-14-6-2-7-15-21/h1-36H;1-19H. The van der Waals surface area contributed by atoms with E-state index in [1.807, 2.05) is 22.7 Å². The molecule has 17 rings (SSSR count). The van der Waals surface area contributed by atoms with Crippen molar-refractivity contribution in [3.63, 3.8) is 0 Å². The zero-order valence-corrected chi connectivity index (χ0v) is 51.7.